The van der Waals surface area contributed by atoms with Crippen molar-refractivity contribution in [2.75, 3.05) is 10.6 Å². The Hall–Kier alpha value is -3.75. The van der Waals surface area contributed by atoms with Gasteiger partial charge in [-0.15, -0.1) is 10.2 Å². The van der Waals surface area contributed by atoms with Crippen LogP contribution in [0.25, 0.3) is 10.6 Å². The van der Waals surface area contributed by atoms with Gasteiger partial charge in [-0.25, -0.2) is 4.79 Å². The zero-order valence-corrected chi connectivity index (χ0v) is 20.8. The predicted molar refractivity (Wildman–Crippen MR) is 141 cm³/mol. The van der Waals surface area contributed by atoms with Crippen molar-refractivity contribution < 1.29 is 9.59 Å². The largest absolute Gasteiger partial charge is 0.326 e. The molecule has 4 rings (SSSR count). The van der Waals surface area contributed by atoms with Gasteiger partial charge in [0.05, 0.1) is 0 Å². The first-order valence-electron chi connectivity index (χ1n) is 11.0. The number of carbonyl (C=O) groups excluding carboxylic acids is 2. The van der Waals surface area contributed by atoms with E-state index in [0.717, 1.165) is 22.3 Å². The zero-order valence-electron chi connectivity index (χ0n) is 19.2. The van der Waals surface area contributed by atoms with Crippen molar-refractivity contribution in [2.45, 2.75) is 26.3 Å². The van der Waals surface area contributed by atoms with E-state index in [1.54, 1.807) is 12.1 Å². The van der Waals surface area contributed by atoms with Crippen molar-refractivity contribution >= 4 is 45.7 Å². The van der Waals surface area contributed by atoms with Crippen molar-refractivity contribution in [2.24, 2.45) is 0 Å². The van der Waals surface area contributed by atoms with E-state index in [0.29, 0.717) is 27.3 Å². The van der Waals surface area contributed by atoms with Gasteiger partial charge in [0, 0.05) is 22.7 Å². The lowest BCUT2D eigenvalue weighted by Crippen LogP contribution is -2.47. The number of aryl methyl sites for hydroxylation is 1. The lowest BCUT2D eigenvalue weighted by Gasteiger charge is -2.19. The summed E-state index contributed by atoms with van der Waals surface area (Å²) < 4.78 is 0. The number of urea groups is 1. The third-order valence-electron chi connectivity index (χ3n) is 5.50. The second kappa shape index (κ2) is 11.1. The van der Waals surface area contributed by atoms with Gasteiger partial charge in [0.15, 0.2) is 0 Å². The standard InChI is InChI=1S/C26H24ClN5O2S/c1-16-7-6-10-21(17(16)2)28-25(34)29-22(15-18-8-4-3-5-9-18)23(33)30-26-32-31-24(35-26)19-11-13-20(27)14-12-19/h3-14,22H,15H2,1-2H3,(H2,28,29,34)(H,30,32,33). The molecule has 3 N–H and O–H groups in total. The quantitative estimate of drug-likeness (QED) is 0.293. The number of rotatable bonds is 7. The van der Waals surface area contributed by atoms with Gasteiger partial charge >= 0.3 is 6.03 Å². The summed E-state index contributed by atoms with van der Waals surface area (Å²) in [4.78, 5) is 26.0. The SMILES string of the molecule is Cc1cccc(NC(=O)NC(Cc2ccccc2)C(=O)Nc2nnc(-c3ccc(Cl)cc3)s2)c1C. The van der Waals surface area contributed by atoms with Crippen LogP contribution in [0, 0.1) is 13.8 Å². The first-order chi connectivity index (χ1) is 16.9. The fraction of sp³-hybridized carbons (Fsp3) is 0.154. The molecule has 0 radical (unpaired) electrons. The normalized spacial score (nSPS) is 11.5. The highest BCUT2D eigenvalue weighted by atomic mass is 35.5. The van der Waals surface area contributed by atoms with Crippen molar-refractivity contribution in [1.82, 2.24) is 15.5 Å². The highest BCUT2D eigenvalue weighted by Crippen LogP contribution is 2.27. The van der Waals surface area contributed by atoms with Crippen LogP contribution >= 0.6 is 22.9 Å². The van der Waals surface area contributed by atoms with Gasteiger partial charge in [-0.2, -0.15) is 0 Å². The van der Waals surface area contributed by atoms with Crippen molar-refractivity contribution in [3.63, 3.8) is 0 Å². The minimum atomic E-state index is -0.828. The molecule has 35 heavy (non-hydrogen) atoms. The van der Waals surface area contributed by atoms with Gasteiger partial charge in [-0.3, -0.25) is 10.1 Å². The van der Waals surface area contributed by atoms with E-state index in [1.807, 2.05) is 74.5 Å². The summed E-state index contributed by atoms with van der Waals surface area (Å²) in [5.74, 6) is -0.385. The third kappa shape index (κ3) is 6.44. The van der Waals surface area contributed by atoms with Crippen molar-refractivity contribution in [1.29, 1.82) is 0 Å². The molecule has 0 fully saturated rings. The molecule has 3 amide bonds. The average molecular weight is 506 g/mol. The highest BCUT2D eigenvalue weighted by Gasteiger charge is 2.23. The van der Waals surface area contributed by atoms with E-state index in [4.69, 9.17) is 11.6 Å². The molecule has 0 bridgehead atoms. The summed E-state index contributed by atoms with van der Waals surface area (Å²) in [6.07, 6.45) is 0.315. The van der Waals surface area contributed by atoms with Crippen molar-refractivity contribution in [3.8, 4) is 10.6 Å². The molecule has 0 aliphatic rings. The van der Waals surface area contributed by atoms with E-state index < -0.39 is 12.1 Å². The first-order valence-corrected chi connectivity index (χ1v) is 12.2. The van der Waals surface area contributed by atoms with Crippen LogP contribution < -0.4 is 16.0 Å². The highest BCUT2D eigenvalue weighted by molar-refractivity contribution is 7.18. The summed E-state index contributed by atoms with van der Waals surface area (Å²) in [5, 5.41) is 18.3. The Morgan fingerprint density at radius 2 is 1.66 bits per heavy atom. The molecule has 1 aromatic heterocycles. The van der Waals surface area contributed by atoms with Gasteiger partial charge in [0.2, 0.25) is 11.0 Å². The van der Waals surface area contributed by atoms with E-state index in [-0.39, 0.29) is 5.91 Å². The van der Waals surface area contributed by atoms with Crippen LogP contribution in [0.15, 0.2) is 72.8 Å². The number of hydrogen-bond donors (Lipinski definition) is 3. The topological polar surface area (TPSA) is 96.0 Å². The Balaban J connectivity index is 1.48. The van der Waals surface area contributed by atoms with Crippen LogP contribution in [-0.2, 0) is 11.2 Å². The second-order valence-electron chi connectivity index (χ2n) is 8.00. The molecule has 7 nitrogen and oxygen atoms in total. The molecule has 0 aliphatic carbocycles. The smallest absolute Gasteiger partial charge is 0.319 e. The Kier molecular flexibility index (Phi) is 7.74. The summed E-state index contributed by atoms with van der Waals surface area (Å²) in [7, 11) is 0. The number of halogens is 1. The van der Waals surface area contributed by atoms with Crippen LogP contribution in [0.1, 0.15) is 16.7 Å². The zero-order chi connectivity index (χ0) is 24.8. The Morgan fingerprint density at radius 1 is 0.914 bits per heavy atom. The molecule has 1 atom stereocenters. The lowest BCUT2D eigenvalue weighted by molar-refractivity contribution is -0.117. The van der Waals surface area contributed by atoms with E-state index >= 15 is 0 Å². The summed E-state index contributed by atoms with van der Waals surface area (Å²) in [6.45, 7) is 3.91. The number of hydrogen-bond acceptors (Lipinski definition) is 5. The van der Waals surface area contributed by atoms with Gasteiger partial charge in [0.25, 0.3) is 0 Å². The van der Waals surface area contributed by atoms with E-state index in [2.05, 4.69) is 26.1 Å². The molecule has 0 spiro atoms. The maximum Gasteiger partial charge on any atom is 0.319 e. The van der Waals surface area contributed by atoms with Gasteiger partial charge < -0.3 is 10.6 Å². The lowest BCUT2D eigenvalue weighted by atomic mass is 10.1. The predicted octanol–water partition coefficient (Wildman–Crippen LogP) is 5.85. The number of carbonyl (C=O) groups is 2. The number of amides is 3. The maximum atomic E-state index is 13.2. The molecule has 178 valence electrons. The molecule has 4 aromatic rings. The van der Waals surface area contributed by atoms with Crippen LogP contribution in [0.2, 0.25) is 5.02 Å². The maximum absolute atomic E-state index is 13.2. The molecule has 0 saturated heterocycles. The first kappa shape index (κ1) is 24.4. The Morgan fingerprint density at radius 3 is 2.40 bits per heavy atom. The molecule has 0 aliphatic heterocycles. The van der Waals surface area contributed by atoms with Crippen LogP contribution in [-0.4, -0.2) is 28.2 Å². The number of nitrogens with one attached hydrogen (secondary N) is 3. The minimum absolute atomic E-state index is 0.315. The van der Waals surface area contributed by atoms with Crippen LogP contribution in [0.3, 0.4) is 0 Å². The fourth-order valence-corrected chi connectivity index (χ4v) is 4.32. The Labute approximate surface area is 212 Å². The monoisotopic (exact) mass is 505 g/mol. The summed E-state index contributed by atoms with van der Waals surface area (Å²) in [5.41, 5.74) is 4.49. The number of benzene rings is 3. The third-order valence-corrected chi connectivity index (χ3v) is 6.64. The Bertz CT molecular complexity index is 1330. The summed E-state index contributed by atoms with van der Waals surface area (Å²) >= 11 is 7.20. The molecule has 1 heterocycles. The number of anilines is 2. The van der Waals surface area contributed by atoms with Crippen molar-refractivity contribution in [3.05, 3.63) is 94.5 Å². The van der Waals surface area contributed by atoms with E-state index in [1.165, 1.54) is 11.3 Å². The molecule has 1 unspecified atom stereocenters. The summed E-state index contributed by atoms with van der Waals surface area (Å²) in [6, 6.07) is 21.1. The fourth-order valence-electron chi connectivity index (χ4n) is 3.44. The number of aromatic nitrogens is 2. The second-order valence-corrected chi connectivity index (χ2v) is 9.41. The van der Waals surface area contributed by atoms with Gasteiger partial charge in [0.1, 0.15) is 11.0 Å². The number of nitrogens with zero attached hydrogens (tertiary/aromatic N) is 2. The molecule has 9 heteroatoms. The molecular weight excluding hydrogens is 482 g/mol. The van der Waals surface area contributed by atoms with Crippen LogP contribution in [0.4, 0.5) is 15.6 Å². The molecule has 3 aromatic carbocycles. The van der Waals surface area contributed by atoms with Gasteiger partial charge in [-0.05, 0) is 48.7 Å². The average Bonchev–Trinajstić information content (AvgIpc) is 3.31. The van der Waals surface area contributed by atoms with Crippen LogP contribution in [0.5, 0.6) is 0 Å². The minimum Gasteiger partial charge on any atom is -0.326 e. The molecule has 0 saturated carbocycles. The van der Waals surface area contributed by atoms with Gasteiger partial charge in [-0.1, -0.05) is 77.5 Å². The molecular formula is C26H24ClN5O2S. The van der Waals surface area contributed by atoms with E-state index in [9.17, 15) is 9.59 Å².